The fraction of sp³-hybridized carbons (Fsp3) is 0.478. The molecule has 1 N–H and O–H groups in total. The van der Waals surface area contributed by atoms with Crippen LogP contribution in [0, 0.1) is 11.7 Å². The summed E-state index contributed by atoms with van der Waals surface area (Å²) >= 11 is 0. The summed E-state index contributed by atoms with van der Waals surface area (Å²) in [5.74, 6) is 0.908. The fourth-order valence-corrected chi connectivity index (χ4v) is 3.73. The Morgan fingerprint density at radius 3 is 2.54 bits per heavy atom. The molecule has 0 aromatic heterocycles. The Kier molecular flexibility index (Phi) is 7.22. The van der Waals surface area contributed by atoms with Crippen LogP contribution in [0.5, 0.6) is 0 Å². The van der Waals surface area contributed by atoms with Crippen molar-refractivity contribution >= 4 is 0 Å². The number of hydrogen-bond acceptors (Lipinski definition) is 2. The van der Waals surface area contributed by atoms with Crippen molar-refractivity contribution in [3.8, 4) is 0 Å². The number of ether oxygens (including phenoxy) is 1. The van der Waals surface area contributed by atoms with Crippen LogP contribution in [0.1, 0.15) is 49.7 Å². The van der Waals surface area contributed by atoms with E-state index in [1.54, 1.807) is 12.1 Å². The number of nitrogens with one attached hydrogen (secondary N) is 1. The van der Waals surface area contributed by atoms with Crippen molar-refractivity contribution in [2.75, 3.05) is 13.1 Å². The van der Waals surface area contributed by atoms with E-state index in [2.05, 4.69) is 36.5 Å². The standard InChI is InChI=1S/C23H30FNO/c1-18(21-8-5-9-22(24)14-21)15-25-16-19-10-12-23(13-11-19)26-17-20-6-3-2-4-7-20/h2-9,14,18-19,23,25H,10-13,15-17H2,1H3/t18-,19?,23?/m0/s1. The molecule has 1 aliphatic rings. The summed E-state index contributed by atoms with van der Waals surface area (Å²) in [5.41, 5.74) is 2.32. The summed E-state index contributed by atoms with van der Waals surface area (Å²) in [6, 6.07) is 17.3. The molecule has 2 aromatic carbocycles. The van der Waals surface area contributed by atoms with E-state index in [9.17, 15) is 4.39 Å². The highest BCUT2D eigenvalue weighted by atomic mass is 19.1. The summed E-state index contributed by atoms with van der Waals surface area (Å²) in [7, 11) is 0. The van der Waals surface area contributed by atoms with E-state index in [1.165, 1.54) is 24.5 Å². The molecule has 1 fully saturated rings. The second-order valence-corrected chi connectivity index (χ2v) is 7.55. The average Bonchev–Trinajstić information content (AvgIpc) is 2.68. The molecule has 0 unspecified atom stereocenters. The summed E-state index contributed by atoms with van der Waals surface area (Å²) in [6.45, 7) is 4.81. The number of halogens is 1. The van der Waals surface area contributed by atoms with Gasteiger partial charge in [0.1, 0.15) is 5.82 Å². The maximum absolute atomic E-state index is 13.3. The molecule has 3 heteroatoms. The van der Waals surface area contributed by atoms with Gasteiger partial charge in [-0.25, -0.2) is 4.39 Å². The largest absolute Gasteiger partial charge is 0.374 e. The monoisotopic (exact) mass is 355 g/mol. The molecule has 1 atom stereocenters. The molecule has 0 aliphatic heterocycles. The highest BCUT2D eigenvalue weighted by molar-refractivity contribution is 5.20. The number of benzene rings is 2. The van der Waals surface area contributed by atoms with Gasteiger partial charge in [-0.2, -0.15) is 0 Å². The summed E-state index contributed by atoms with van der Waals surface area (Å²) in [6.07, 6.45) is 5.15. The summed E-state index contributed by atoms with van der Waals surface area (Å²) < 4.78 is 19.4. The van der Waals surface area contributed by atoms with Crippen LogP contribution in [-0.2, 0) is 11.3 Å². The number of hydrogen-bond donors (Lipinski definition) is 1. The molecule has 0 bridgehead atoms. The molecule has 0 saturated heterocycles. The van der Waals surface area contributed by atoms with E-state index in [-0.39, 0.29) is 5.82 Å². The van der Waals surface area contributed by atoms with Crippen LogP contribution in [0.15, 0.2) is 54.6 Å². The molecule has 2 nitrogen and oxygen atoms in total. The summed E-state index contributed by atoms with van der Waals surface area (Å²) in [5, 5.41) is 3.58. The van der Waals surface area contributed by atoms with Gasteiger partial charge in [0.2, 0.25) is 0 Å². The molecule has 26 heavy (non-hydrogen) atoms. The van der Waals surface area contributed by atoms with Gasteiger partial charge in [0.25, 0.3) is 0 Å². The molecule has 0 radical (unpaired) electrons. The predicted octanol–water partition coefficient (Wildman–Crippen LogP) is 5.29. The van der Waals surface area contributed by atoms with E-state index in [4.69, 9.17) is 4.74 Å². The van der Waals surface area contributed by atoms with Gasteiger partial charge in [0.15, 0.2) is 0 Å². The van der Waals surface area contributed by atoms with E-state index in [1.807, 2.05) is 12.1 Å². The molecule has 0 spiro atoms. The van der Waals surface area contributed by atoms with E-state index >= 15 is 0 Å². The zero-order valence-electron chi connectivity index (χ0n) is 15.7. The Hall–Kier alpha value is -1.71. The highest BCUT2D eigenvalue weighted by Gasteiger charge is 2.21. The molecular formula is C23H30FNO. The van der Waals surface area contributed by atoms with Crippen molar-refractivity contribution in [1.82, 2.24) is 5.32 Å². The van der Waals surface area contributed by atoms with Crippen LogP contribution in [0.3, 0.4) is 0 Å². The Morgan fingerprint density at radius 2 is 1.81 bits per heavy atom. The van der Waals surface area contributed by atoms with Crippen molar-refractivity contribution in [3.63, 3.8) is 0 Å². The third-order valence-corrected chi connectivity index (χ3v) is 5.42. The van der Waals surface area contributed by atoms with Gasteiger partial charge in [-0.1, -0.05) is 49.4 Å². The molecule has 1 saturated carbocycles. The third kappa shape index (κ3) is 5.93. The predicted molar refractivity (Wildman–Crippen MR) is 105 cm³/mol. The van der Waals surface area contributed by atoms with Crippen LogP contribution in [0.25, 0.3) is 0 Å². The Labute approximate surface area is 156 Å². The Balaban J connectivity index is 1.31. The maximum atomic E-state index is 13.3. The zero-order chi connectivity index (χ0) is 18.2. The van der Waals surface area contributed by atoms with Crippen molar-refractivity contribution in [2.45, 2.75) is 51.2 Å². The molecule has 3 rings (SSSR count). The minimum atomic E-state index is -0.150. The Bertz CT molecular complexity index is 652. The van der Waals surface area contributed by atoms with Gasteiger partial charge >= 0.3 is 0 Å². The summed E-state index contributed by atoms with van der Waals surface area (Å²) in [4.78, 5) is 0. The zero-order valence-corrected chi connectivity index (χ0v) is 15.7. The lowest BCUT2D eigenvalue weighted by molar-refractivity contribution is 0.00722. The number of rotatable bonds is 8. The second-order valence-electron chi connectivity index (χ2n) is 7.55. The van der Waals surface area contributed by atoms with Crippen molar-refractivity contribution in [3.05, 3.63) is 71.5 Å². The van der Waals surface area contributed by atoms with E-state index in [0.717, 1.165) is 44.0 Å². The third-order valence-electron chi connectivity index (χ3n) is 5.42. The van der Waals surface area contributed by atoms with Crippen LogP contribution in [0.4, 0.5) is 4.39 Å². The van der Waals surface area contributed by atoms with Gasteiger partial charge in [0, 0.05) is 6.54 Å². The Morgan fingerprint density at radius 1 is 1.04 bits per heavy atom. The normalized spacial score (nSPS) is 21.5. The van der Waals surface area contributed by atoms with Crippen LogP contribution < -0.4 is 5.32 Å². The molecule has 0 amide bonds. The molecule has 1 aliphatic carbocycles. The second kappa shape index (κ2) is 9.84. The van der Waals surface area contributed by atoms with Crippen molar-refractivity contribution in [1.29, 1.82) is 0 Å². The van der Waals surface area contributed by atoms with Crippen molar-refractivity contribution in [2.24, 2.45) is 5.92 Å². The topological polar surface area (TPSA) is 21.3 Å². The molecular weight excluding hydrogens is 325 g/mol. The SMILES string of the molecule is C[C@@H](CNCC1CCC(OCc2ccccc2)CC1)c1cccc(F)c1. The first-order valence-electron chi connectivity index (χ1n) is 9.82. The lowest BCUT2D eigenvalue weighted by Gasteiger charge is -2.29. The van der Waals surface area contributed by atoms with E-state index in [0.29, 0.717) is 12.0 Å². The smallest absolute Gasteiger partial charge is 0.123 e. The highest BCUT2D eigenvalue weighted by Crippen LogP contribution is 2.26. The quantitative estimate of drug-likeness (QED) is 0.694. The van der Waals surface area contributed by atoms with Gasteiger partial charge < -0.3 is 10.1 Å². The van der Waals surface area contributed by atoms with Crippen LogP contribution >= 0.6 is 0 Å². The van der Waals surface area contributed by atoms with Gasteiger partial charge in [-0.05, 0) is 67.3 Å². The van der Waals surface area contributed by atoms with Crippen LogP contribution in [0.2, 0.25) is 0 Å². The van der Waals surface area contributed by atoms with Crippen LogP contribution in [-0.4, -0.2) is 19.2 Å². The van der Waals surface area contributed by atoms with Gasteiger partial charge in [-0.15, -0.1) is 0 Å². The van der Waals surface area contributed by atoms with Gasteiger partial charge in [0.05, 0.1) is 12.7 Å². The lowest BCUT2D eigenvalue weighted by atomic mass is 9.87. The minimum absolute atomic E-state index is 0.150. The first-order chi connectivity index (χ1) is 12.7. The van der Waals surface area contributed by atoms with Gasteiger partial charge in [-0.3, -0.25) is 0 Å². The molecule has 0 heterocycles. The lowest BCUT2D eigenvalue weighted by Crippen LogP contribution is -2.31. The average molecular weight is 355 g/mol. The first kappa shape index (κ1) is 19.1. The minimum Gasteiger partial charge on any atom is -0.374 e. The fourth-order valence-electron chi connectivity index (χ4n) is 3.73. The van der Waals surface area contributed by atoms with E-state index < -0.39 is 0 Å². The molecule has 140 valence electrons. The molecule has 2 aromatic rings. The maximum Gasteiger partial charge on any atom is 0.123 e. The first-order valence-corrected chi connectivity index (χ1v) is 9.82. The van der Waals surface area contributed by atoms with Crippen molar-refractivity contribution < 1.29 is 9.13 Å².